The maximum Gasteiger partial charge on any atom is 0.254 e. The minimum absolute atomic E-state index is 0.0986. The molecule has 6 nitrogen and oxygen atoms in total. The Morgan fingerprint density at radius 2 is 1.84 bits per heavy atom. The summed E-state index contributed by atoms with van der Waals surface area (Å²) in [6.07, 6.45) is 0.766. The minimum atomic E-state index is -0.419. The molecule has 4 rings (SSSR count). The number of methoxy groups -OCH3 is 1. The molecule has 3 aromatic rings. The van der Waals surface area contributed by atoms with Crippen molar-refractivity contribution in [2.45, 2.75) is 32.2 Å². The van der Waals surface area contributed by atoms with E-state index in [4.69, 9.17) is 9.47 Å². The predicted octanol–water partition coefficient (Wildman–Crippen LogP) is 5.30. The molecule has 0 fully saturated rings. The van der Waals surface area contributed by atoms with Gasteiger partial charge in [-0.2, -0.15) is 0 Å². The van der Waals surface area contributed by atoms with Gasteiger partial charge in [0.1, 0.15) is 24.7 Å². The highest BCUT2D eigenvalue weighted by atomic mass is 32.1. The number of hydrogen-bond donors (Lipinski definition) is 0. The number of halogens is 1. The normalized spacial score (nSPS) is 14.9. The second kappa shape index (κ2) is 12.3. The number of amides is 2. The number of carbonyl (C=O) groups excluding carboxylic acids is 2. The average molecular weight is 525 g/mol. The lowest BCUT2D eigenvalue weighted by Crippen LogP contribution is -2.48. The number of rotatable bonds is 10. The topological polar surface area (TPSA) is 59.1 Å². The van der Waals surface area contributed by atoms with Crippen LogP contribution in [0.25, 0.3) is 0 Å². The molecule has 8 heteroatoms. The Bertz CT molecular complexity index is 1190. The highest BCUT2D eigenvalue weighted by molar-refractivity contribution is 7.10. The molecule has 2 heterocycles. The summed E-state index contributed by atoms with van der Waals surface area (Å²) >= 11 is 1.69. The van der Waals surface area contributed by atoms with E-state index in [1.54, 1.807) is 18.4 Å². The Morgan fingerprint density at radius 3 is 2.51 bits per heavy atom. The van der Waals surface area contributed by atoms with E-state index in [1.165, 1.54) is 39.6 Å². The van der Waals surface area contributed by atoms with Crippen molar-refractivity contribution in [3.63, 3.8) is 0 Å². The third-order valence-corrected chi connectivity index (χ3v) is 7.64. The molecule has 2 amide bonds. The Balaban J connectivity index is 1.50. The zero-order valence-corrected chi connectivity index (χ0v) is 22.3. The Kier molecular flexibility index (Phi) is 8.95. The zero-order chi connectivity index (χ0) is 26.4. The number of ether oxygens (including phenoxy) is 2. The standard InChI is InChI=1S/C29H33FN2O4S/c1-20(2)21-6-10-24(11-7-21)36-19-26-25-13-17-37-27(25)12-14-32(26)28(33)18-31(15-16-35-3)29(34)22-4-8-23(30)9-5-22/h4-11,13,17,20,26H,12,14-16,18-19H2,1-3H3/t26-/m0/s1. The lowest BCUT2D eigenvalue weighted by atomic mass is 10.00. The molecule has 1 aliphatic heterocycles. The van der Waals surface area contributed by atoms with Gasteiger partial charge in [0.2, 0.25) is 5.91 Å². The summed E-state index contributed by atoms with van der Waals surface area (Å²) in [5.41, 5.74) is 2.66. The quantitative estimate of drug-likeness (QED) is 0.361. The lowest BCUT2D eigenvalue weighted by molar-refractivity contribution is -0.135. The van der Waals surface area contributed by atoms with Crippen LogP contribution in [0.1, 0.15) is 52.2 Å². The molecule has 1 aromatic heterocycles. The maximum atomic E-state index is 13.6. The third kappa shape index (κ3) is 6.56. The van der Waals surface area contributed by atoms with E-state index in [1.807, 2.05) is 22.4 Å². The van der Waals surface area contributed by atoms with Gasteiger partial charge in [-0.05, 0) is 71.3 Å². The van der Waals surface area contributed by atoms with E-state index in [-0.39, 0.29) is 37.6 Å². The van der Waals surface area contributed by atoms with E-state index < -0.39 is 5.82 Å². The van der Waals surface area contributed by atoms with E-state index in [0.29, 0.717) is 24.6 Å². The second-order valence-electron chi connectivity index (χ2n) is 9.41. The first-order valence-electron chi connectivity index (χ1n) is 12.5. The molecule has 1 aliphatic rings. The minimum Gasteiger partial charge on any atom is -0.491 e. The molecule has 196 valence electrons. The van der Waals surface area contributed by atoms with Crippen LogP contribution in [-0.4, -0.2) is 61.6 Å². The first kappa shape index (κ1) is 26.8. The molecule has 0 saturated heterocycles. The molecule has 0 saturated carbocycles. The Labute approximate surface area is 221 Å². The summed E-state index contributed by atoms with van der Waals surface area (Å²) in [5.74, 6) is 0.279. The summed E-state index contributed by atoms with van der Waals surface area (Å²) in [4.78, 5) is 31.3. The molecule has 0 spiro atoms. The molecule has 0 unspecified atom stereocenters. The van der Waals surface area contributed by atoms with Crippen LogP contribution >= 0.6 is 11.3 Å². The fraction of sp³-hybridized carbons (Fsp3) is 0.379. The predicted molar refractivity (Wildman–Crippen MR) is 143 cm³/mol. The van der Waals surface area contributed by atoms with E-state index in [0.717, 1.165) is 17.7 Å². The molecular formula is C29H33FN2O4S. The van der Waals surface area contributed by atoms with Gasteiger partial charge >= 0.3 is 0 Å². The number of carbonyl (C=O) groups is 2. The molecule has 0 radical (unpaired) electrons. The first-order chi connectivity index (χ1) is 17.9. The van der Waals surface area contributed by atoms with Crippen molar-refractivity contribution in [3.05, 3.63) is 87.4 Å². The van der Waals surface area contributed by atoms with E-state index in [2.05, 4.69) is 32.0 Å². The largest absolute Gasteiger partial charge is 0.491 e. The van der Waals surface area contributed by atoms with Gasteiger partial charge in [0.15, 0.2) is 0 Å². The van der Waals surface area contributed by atoms with Crippen LogP contribution in [0.5, 0.6) is 5.75 Å². The Morgan fingerprint density at radius 1 is 1.11 bits per heavy atom. The van der Waals surface area contributed by atoms with Crippen molar-refractivity contribution in [2.75, 3.05) is 40.0 Å². The van der Waals surface area contributed by atoms with Gasteiger partial charge < -0.3 is 19.3 Å². The maximum absolute atomic E-state index is 13.6. The number of benzene rings is 2. The van der Waals surface area contributed by atoms with Crippen molar-refractivity contribution < 1.29 is 23.5 Å². The molecule has 1 atom stereocenters. The third-order valence-electron chi connectivity index (χ3n) is 6.64. The van der Waals surface area contributed by atoms with Gasteiger partial charge in [0.25, 0.3) is 5.91 Å². The number of fused-ring (bicyclic) bond motifs is 1. The fourth-order valence-electron chi connectivity index (χ4n) is 4.48. The monoisotopic (exact) mass is 524 g/mol. The van der Waals surface area contributed by atoms with E-state index in [9.17, 15) is 14.0 Å². The van der Waals surface area contributed by atoms with Crippen molar-refractivity contribution in [1.29, 1.82) is 0 Å². The van der Waals surface area contributed by atoms with Crippen LogP contribution in [0, 0.1) is 5.82 Å². The van der Waals surface area contributed by atoms with Crippen LogP contribution in [-0.2, 0) is 16.0 Å². The van der Waals surface area contributed by atoms with Crippen molar-refractivity contribution in [3.8, 4) is 5.75 Å². The van der Waals surface area contributed by atoms with Crippen LogP contribution in [0.15, 0.2) is 60.0 Å². The van der Waals surface area contributed by atoms with Gasteiger partial charge in [0, 0.05) is 30.6 Å². The lowest BCUT2D eigenvalue weighted by Gasteiger charge is -2.37. The molecule has 37 heavy (non-hydrogen) atoms. The molecule has 2 aromatic carbocycles. The van der Waals surface area contributed by atoms with E-state index >= 15 is 0 Å². The fourth-order valence-corrected chi connectivity index (χ4v) is 5.41. The smallest absolute Gasteiger partial charge is 0.254 e. The first-order valence-corrected chi connectivity index (χ1v) is 13.4. The van der Waals surface area contributed by atoms with Crippen LogP contribution in [0.2, 0.25) is 0 Å². The second-order valence-corrected chi connectivity index (χ2v) is 10.4. The zero-order valence-electron chi connectivity index (χ0n) is 21.5. The number of nitrogens with zero attached hydrogens (tertiary/aromatic N) is 2. The Hall–Kier alpha value is -3.23. The summed E-state index contributed by atoms with van der Waals surface area (Å²) in [7, 11) is 1.55. The van der Waals surface area contributed by atoms with Gasteiger partial charge in [-0.25, -0.2) is 4.39 Å². The van der Waals surface area contributed by atoms with Crippen LogP contribution in [0.4, 0.5) is 4.39 Å². The van der Waals surface area contributed by atoms with Crippen molar-refractivity contribution >= 4 is 23.2 Å². The van der Waals surface area contributed by atoms with Gasteiger partial charge in [-0.1, -0.05) is 26.0 Å². The summed E-state index contributed by atoms with van der Waals surface area (Å²) < 4.78 is 24.7. The molecular weight excluding hydrogens is 491 g/mol. The molecule has 0 N–H and O–H groups in total. The van der Waals surface area contributed by atoms with Crippen LogP contribution < -0.4 is 4.74 Å². The van der Waals surface area contributed by atoms with Gasteiger partial charge in [-0.15, -0.1) is 11.3 Å². The highest BCUT2D eigenvalue weighted by Gasteiger charge is 2.33. The van der Waals surface area contributed by atoms with Crippen molar-refractivity contribution in [2.24, 2.45) is 0 Å². The van der Waals surface area contributed by atoms with Crippen molar-refractivity contribution in [1.82, 2.24) is 9.80 Å². The van der Waals surface area contributed by atoms with Gasteiger partial charge in [-0.3, -0.25) is 9.59 Å². The summed E-state index contributed by atoms with van der Waals surface area (Å²) in [6.45, 7) is 5.61. The highest BCUT2D eigenvalue weighted by Crippen LogP contribution is 2.34. The van der Waals surface area contributed by atoms with Crippen LogP contribution in [0.3, 0.4) is 0 Å². The summed E-state index contributed by atoms with van der Waals surface area (Å²) in [6, 6.07) is 15.2. The summed E-state index contributed by atoms with van der Waals surface area (Å²) in [5, 5.41) is 2.05. The van der Waals surface area contributed by atoms with Gasteiger partial charge in [0.05, 0.1) is 12.6 Å². The number of hydrogen-bond acceptors (Lipinski definition) is 5. The average Bonchev–Trinajstić information content (AvgIpc) is 3.39. The molecule has 0 aliphatic carbocycles. The molecule has 0 bridgehead atoms. The SMILES string of the molecule is COCCN(CC(=O)N1CCc2sccc2[C@@H]1COc1ccc(C(C)C)cc1)C(=O)c1ccc(F)cc1. The number of thiophene rings is 1.